The number of fused-ring (bicyclic) bond motifs is 1. The van der Waals surface area contributed by atoms with Crippen LogP contribution in [0.1, 0.15) is 29.0 Å². The molecule has 3 amide bonds. The number of nitrogens with one attached hydrogen (secondary N) is 4. The lowest BCUT2D eigenvalue weighted by atomic mass is 10.1. The van der Waals surface area contributed by atoms with Gasteiger partial charge in [-0.3, -0.25) is 25.2 Å². The number of hydrogen-bond acceptors (Lipinski definition) is 3. The SMILES string of the molecule is CC(=O)N[C@H](C(=O)NNC(=O)c1cc2cc(Cl)ccc2[nH]1)c1ccccc1. The molecule has 0 unspecified atom stereocenters. The zero-order valence-corrected chi connectivity index (χ0v) is 15.1. The molecule has 8 heteroatoms. The normalized spacial score (nSPS) is 11.6. The molecule has 0 fully saturated rings. The van der Waals surface area contributed by atoms with Crippen LogP contribution in [0.5, 0.6) is 0 Å². The molecule has 0 radical (unpaired) electrons. The van der Waals surface area contributed by atoms with Gasteiger partial charge in [0.05, 0.1) is 0 Å². The zero-order chi connectivity index (χ0) is 19.4. The van der Waals surface area contributed by atoms with E-state index in [4.69, 9.17) is 11.6 Å². The Labute approximate surface area is 160 Å². The van der Waals surface area contributed by atoms with Gasteiger partial charge < -0.3 is 10.3 Å². The van der Waals surface area contributed by atoms with Crippen LogP contribution in [-0.4, -0.2) is 22.7 Å². The summed E-state index contributed by atoms with van der Waals surface area (Å²) in [5, 5.41) is 3.90. The summed E-state index contributed by atoms with van der Waals surface area (Å²) in [6.45, 7) is 1.32. The third-order valence-corrected chi connectivity index (χ3v) is 4.10. The molecule has 1 atom stereocenters. The minimum Gasteiger partial charge on any atom is -0.350 e. The van der Waals surface area contributed by atoms with E-state index >= 15 is 0 Å². The number of halogens is 1. The summed E-state index contributed by atoms with van der Waals surface area (Å²) in [6, 6.07) is 14.6. The molecule has 1 aromatic heterocycles. The Morgan fingerprint density at radius 2 is 1.74 bits per heavy atom. The second-order valence-corrected chi connectivity index (χ2v) is 6.34. The van der Waals surface area contributed by atoms with Crippen molar-refractivity contribution in [3.05, 3.63) is 70.9 Å². The Morgan fingerprint density at radius 3 is 2.44 bits per heavy atom. The third-order valence-electron chi connectivity index (χ3n) is 3.87. The zero-order valence-electron chi connectivity index (χ0n) is 14.4. The van der Waals surface area contributed by atoms with E-state index in [1.807, 2.05) is 0 Å². The number of H-pyrrole nitrogens is 1. The van der Waals surface area contributed by atoms with Gasteiger partial charge in [0.25, 0.3) is 11.8 Å². The van der Waals surface area contributed by atoms with Gasteiger partial charge in [0.1, 0.15) is 11.7 Å². The number of rotatable bonds is 4. The van der Waals surface area contributed by atoms with Crippen LogP contribution < -0.4 is 16.2 Å². The molecule has 0 saturated carbocycles. The van der Waals surface area contributed by atoms with E-state index in [1.165, 1.54) is 6.92 Å². The summed E-state index contributed by atoms with van der Waals surface area (Å²) in [6.07, 6.45) is 0. The average molecular weight is 385 g/mol. The maximum atomic E-state index is 12.5. The largest absolute Gasteiger partial charge is 0.350 e. The summed E-state index contributed by atoms with van der Waals surface area (Å²) in [5.74, 6) is -1.45. The second-order valence-electron chi connectivity index (χ2n) is 5.90. The van der Waals surface area contributed by atoms with Crippen molar-refractivity contribution in [2.45, 2.75) is 13.0 Å². The Morgan fingerprint density at radius 1 is 1.00 bits per heavy atom. The van der Waals surface area contributed by atoms with Gasteiger partial charge in [-0.2, -0.15) is 0 Å². The predicted octanol–water partition coefficient (Wildman–Crippen LogP) is 2.46. The van der Waals surface area contributed by atoms with Crippen molar-refractivity contribution in [2.75, 3.05) is 0 Å². The van der Waals surface area contributed by atoms with Crippen LogP contribution in [0.25, 0.3) is 10.9 Å². The van der Waals surface area contributed by atoms with Crippen molar-refractivity contribution in [3.8, 4) is 0 Å². The first kappa shape index (κ1) is 18.5. The molecule has 0 saturated heterocycles. The number of benzene rings is 2. The highest BCUT2D eigenvalue weighted by Gasteiger charge is 2.22. The van der Waals surface area contributed by atoms with Crippen molar-refractivity contribution in [1.82, 2.24) is 21.2 Å². The van der Waals surface area contributed by atoms with E-state index in [2.05, 4.69) is 21.2 Å². The lowest BCUT2D eigenvalue weighted by Crippen LogP contribution is -2.47. The molecule has 3 rings (SSSR count). The summed E-state index contributed by atoms with van der Waals surface area (Å²) < 4.78 is 0. The molecule has 0 aliphatic rings. The summed E-state index contributed by atoms with van der Waals surface area (Å²) >= 11 is 5.94. The van der Waals surface area contributed by atoms with E-state index < -0.39 is 17.9 Å². The molecule has 7 nitrogen and oxygen atoms in total. The van der Waals surface area contributed by atoms with Crippen molar-refractivity contribution < 1.29 is 14.4 Å². The number of amides is 3. The predicted molar refractivity (Wildman–Crippen MR) is 102 cm³/mol. The van der Waals surface area contributed by atoms with Crippen molar-refractivity contribution >= 4 is 40.2 Å². The van der Waals surface area contributed by atoms with Gasteiger partial charge in [-0.1, -0.05) is 41.9 Å². The molecule has 0 bridgehead atoms. The van der Waals surface area contributed by atoms with Crippen LogP contribution in [0.4, 0.5) is 0 Å². The quantitative estimate of drug-likeness (QED) is 0.519. The van der Waals surface area contributed by atoms with E-state index in [1.54, 1.807) is 54.6 Å². The van der Waals surface area contributed by atoms with Crippen molar-refractivity contribution in [1.29, 1.82) is 0 Å². The molecule has 1 heterocycles. The van der Waals surface area contributed by atoms with Gasteiger partial charge >= 0.3 is 0 Å². The Hall–Kier alpha value is -3.32. The van der Waals surface area contributed by atoms with Crippen molar-refractivity contribution in [3.63, 3.8) is 0 Å². The first-order valence-electron chi connectivity index (χ1n) is 8.14. The molecular formula is C19H17ClN4O3. The fraction of sp³-hybridized carbons (Fsp3) is 0.105. The fourth-order valence-corrected chi connectivity index (χ4v) is 2.81. The lowest BCUT2D eigenvalue weighted by molar-refractivity contribution is -0.128. The Balaban J connectivity index is 1.70. The minimum atomic E-state index is -0.925. The minimum absolute atomic E-state index is 0.267. The average Bonchev–Trinajstić information content (AvgIpc) is 3.07. The molecule has 27 heavy (non-hydrogen) atoms. The van der Waals surface area contributed by atoms with Gasteiger partial charge in [0.15, 0.2) is 0 Å². The maximum Gasteiger partial charge on any atom is 0.286 e. The standard InChI is InChI=1S/C19H17ClN4O3/c1-11(25)21-17(12-5-3-2-4-6-12)19(27)24-23-18(26)16-10-13-9-14(20)7-8-15(13)22-16/h2-10,17,22H,1H3,(H,21,25)(H,23,26)(H,24,27)/t17-/m0/s1. The van der Waals surface area contributed by atoms with E-state index in [-0.39, 0.29) is 11.6 Å². The van der Waals surface area contributed by atoms with Crippen LogP contribution >= 0.6 is 11.6 Å². The van der Waals surface area contributed by atoms with Gasteiger partial charge in [-0.05, 0) is 29.8 Å². The Bertz CT molecular complexity index is 1000. The smallest absolute Gasteiger partial charge is 0.286 e. The van der Waals surface area contributed by atoms with Gasteiger partial charge in [-0.25, -0.2) is 0 Å². The number of aromatic amines is 1. The fourth-order valence-electron chi connectivity index (χ4n) is 2.63. The monoisotopic (exact) mass is 384 g/mol. The van der Waals surface area contributed by atoms with E-state index in [0.29, 0.717) is 10.6 Å². The van der Waals surface area contributed by atoms with Crippen LogP contribution in [0.2, 0.25) is 5.02 Å². The summed E-state index contributed by atoms with van der Waals surface area (Å²) in [7, 11) is 0. The molecule has 3 aromatic rings. The molecule has 0 spiro atoms. The van der Waals surface area contributed by atoms with Crippen LogP contribution in [0, 0.1) is 0 Å². The van der Waals surface area contributed by atoms with Crippen molar-refractivity contribution in [2.24, 2.45) is 0 Å². The molecule has 138 valence electrons. The number of carbonyl (C=O) groups is 3. The number of hydrazine groups is 1. The highest BCUT2D eigenvalue weighted by molar-refractivity contribution is 6.31. The summed E-state index contributed by atoms with van der Waals surface area (Å²) in [5.41, 5.74) is 6.30. The van der Waals surface area contributed by atoms with Gasteiger partial charge in [0, 0.05) is 22.8 Å². The van der Waals surface area contributed by atoms with Gasteiger partial charge in [0.2, 0.25) is 5.91 Å². The van der Waals surface area contributed by atoms with Crippen LogP contribution in [-0.2, 0) is 9.59 Å². The van der Waals surface area contributed by atoms with Crippen LogP contribution in [0.15, 0.2) is 54.6 Å². The molecule has 4 N–H and O–H groups in total. The lowest BCUT2D eigenvalue weighted by Gasteiger charge is -2.18. The highest BCUT2D eigenvalue weighted by Crippen LogP contribution is 2.20. The molecule has 0 aliphatic heterocycles. The summed E-state index contributed by atoms with van der Waals surface area (Å²) in [4.78, 5) is 39.1. The van der Waals surface area contributed by atoms with Crippen LogP contribution in [0.3, 0.4) is 0 Å². The third kappa shape index (κ3) is 4.45. The van der Waals surface area contributed by atoms with E-state index in [0.717, 1.165) is 10.9 Å². The Kier molecular flexibility index (Phi) is 5.42. The first-order valence-corrected chi connectivity index (χ1v) is 8.52. The first-order chi connectivity index (χ1) is 12.9. The highest BCUT2D eigenvalue weighted by atomic mass is 35.5. The molecule has 0 aliphatic carbocycles. The number of carbonyl (C=O) groups excluding carboxylic acids is 3. The second kappa shape index (κ2) is 7.92. The van der Waals surface area contributed by atoms with Gasteiger partial charge in [-0.15, -0.1) is 0 Å². The number of hydrogen-bond donors (Lipinski definition) is 4. The molecular weight excluding hydrogens is 368 g/mol. The maximum absolute atomic E-state index is 12.5. The number of aromatic nitrogens is 1. The van der Waals surface area contributed by atoms with E-state index in [9.17, 15) is 14.4 Å². The topological polar surface area (TPSA) is 103 Å². The molecule has 2 aromatic carbocycles.